The van der Waals surface area contributed by atoms with Crippen LogP contribution in [0.2, 0.25) is 0 Å². The van der Waals surface area contributed by atoms with E-state index in [0.717, 1.165) is 28.2 Å². The van der Waals surface area contributed by atoms with Gasteiger partial charge in [0.15, 0.2) is 16.3 Å². The molecular formula is C39H37N3O7S. The van der Waals surface area contributed by atoms with Gasteiger partial charge in [-0.3, -0.25) is 9.36 Å². The average molecular weight is 692 g/mol. The van der Waals surface area contributed by atoms with Crippen molar-refractivity contribution in [3.63, 3.8) is 0 Å². The summed E-state index contributed by atoms with van der Waals surface area (Å²) in [6.45, 7) is 7.72. The quantitative estimate of drug-likeness (QED) is 0.189. The van der Waals surface area contributed by atoms with E-state index in [1.54, 1.807) is 36.8 Å². The largest absolute Gasteiger partial charge is 0.493 e. The molecule has 256 valence electrons. The van der Waals surface area contributed by atoms with Crippen molar-refractivity contribution in [1.29, 1.82) is 0 Å². The fourth-order valence-electron chi connectivity index (χ4n) is 6.42. The van der Waals surface area contributed by atoms with E-state index in [2.05, 4.69) is 4.57 Å². The highest BCUT2D eigenvalue weighted by Crippen LogP contribution is 2.38. The van der Waals surface area contributed by atoms with Crippen molar-refractivity contribution < 1.29 is 28.5 Å². The Hall–Kier alpha value is -5.68. The Kier molecular flexibility index (Phi) is 9.61. The fourth-order valence-corrected chi connectivity index (χ4v) is 7.41. The van der Waals surface area contributed by atoms with Gasteiger partial charge in [-0.2, -0.15) is 0 Å². The van der Waals surface area contributed by atoms with Gasteiger partial charge in [0.1, 0.15) is 0 Å². The smallest absolute Gasteiger partial charge is 0.338 e. The molecule has 3 aromatic carbocycles. The van der Waals surface area contributed by atoms with Crippen LogP contribution in [0.3, 0.4) is 0 Å². The molecule has 2 aromatic heterocycles. The van der Waals surface area contributed by atoms with Crippen LogP contribution in [0.1, 0.15) is 57.0 Å². The van der Waals surface area contributed by atoms with Crippen molar-refractivity contribution in [2.24, 2.45) is 4.99 Å². The zero-order chi connectivity index (χ0) is 35.7. The first-order valence-electron chi connectivity index (χ1n) is 16.0. The van der Waals surface area contributed by atoms with Gasteiger partial charge in [-0.25, -0.2) is 14.6 Å². The molecule has 0 radical (unpaired) electrons. The Morgan fingerprint density at radius 1 is 0.900 bits per heavy atom. The minimum atomic E-state index is -0.876. The molecule has 0 N–H and O–H groups in total. The Morgan fingerprint density at radius 3 is 2.32 bits per heavy atom. The van der Waals surface area contributed by atoms with Crippen molar-refractivity contribution in [2.45, 2.75) is 33.7 Å². The number of ether oxygens (including phenoxy) is 4. The number of benzene rings is 3. The molecule has 50 heavy (non-hydrogen) atoms. The van der Waals surface area contributed by atoms with Gasteiger partial charge in [-0.15, -0.1) is 0 Å². The zero-order valence-electron chi connectivity index (χ0n) is 28.9. The number of rotatable bonds is 9. The van der Waals surface area contributed by atoms with Crippen LogP contribution in [0.5, 0.6) is 11.5 Å². The second-order valence-corrected chi connectivity index (χ2v) is 12.7. The number of fused-ring (bicyclic) bond motifs is 1. The lowest BCUT2D eigenvalue weighted by Crippen LogP contribution is -2.40. The molecule has 10 nitrogen and oxygen atoms in total. The molecule has 0 fully saturated rings. The first-order chi connectivity index (χ1) is 24.1. The summed E-state index contributed by atoms with van der Waals surface area (Å²) >= 11 is 1.25. The van der Waals surface area contributed by atoms with Crippen LogP contribution in [0.15, 0.2) is 88.2 Å². The number of carbonyl (C=O) groups excluding carboxylic acids is 2. The highest BCUT2D eigenvalue weighted by Gasteiger charge is 2.35. The van der Waals surface area contributed by atoms with Crippen LogP contribution in [-0.4, -0.2) is 49.0 Å². The molecule has 1 aliphatic rings. The maximum absolute atomic E-state index is 14.5. The zero-order valence-corrected chi connectivity index (χ0v) is 29.7. The molecule has 1 atom stereocenters. The van der Waals surface area contributed by atoms with Gasteiger partial charge in [0, 0.05) is 22.6 Å². The Balaban J connectivity index is 1.60. The van der Waals surface area contributed by atoms with E-state index >= 15 is 0 Å². The van der Waals surface area contributed by atoms with Crippen LogP contribution in [0.25, 0.3) is 17.5 Å². The van der Waals surface area contributed by atoms with Gasteiger partial charge in [0.2, 0.25) is 0 Å². The number of thiazole rings is 1. The molecule has 0 bridgehead atoms. The van der Waals surface area contributed by atoms with Crippen molar-refractivity contribution >= 4 is 35.0 Å². The Morgan fingerprint density at radius 2 is 1.64 bits per heavy atom. The highest BCUT2D eigenvalue weighted by molar-refractivity contribution is 7.07. The molecule has 3 heterocycles. The SMILES string of the molecule is CCOC(=O)C1=C(c2ccccc2)N=c2s/c(=C/c3cc(C)n(-c4cccc(C(=O)OC)c4C)c3C)c(=O)n2[C@H]1c1ccc(OC)c(OC)c1. The molecule has 1 aliphatic heterocycles. The van der Waals surface area contributed by atoms with E-state index in [1.807, 2.05) is 81.4 Å². The molecule has 0 aliphatic carbocycles. The summed E-state index contributed by atoms with van der Waals surface area (Å²) < 4.78 is 25.8. The van der Waals surface area contributed by atoms with Crippen LogP contribution >= 0.6 is 11.3 Å². The summed E-state index contributed by atoms with van der Waals surface area (Å²) in [5, 5.41) is 0. The predicted octanol–water partition coefficient (Wildman–Crippen LogP) is 5.46. The topological polar surface area (TPSA) is 110 Å². The first-order valence-corrected chi connectivity index (χ1v) is 16.8. The van der Waals surface area contributed by atoms with E-state index in [1.165, 1.54) is 25.6 Å². The average Bonchev–Trinajstić information content (AvgIpc) is 3.59. The lowest BCUT2D eigenvalue weighted by Gasteiger charge is -2.26. The molecule has 6 rings (SSSR count). The van der Waals surface area contributed by atoms with E-state index in [-0.39, 0.29) is 17.7 Å². The maximum Gasteiger partial charge on any atom is 0.338 e. The molecule has 5 aromatic rings. The number of nitrogens with zero attached hydrogens (tertiary/aromatic N) is 3. The van der Waals surface area contributed by atoms with Gasteiger partial charge in [0.25, 0.3) is 5.56 Å². The Labute approximate surface area is 293 Å². The third kappa shape index (κ3) is 5.94. The summed E-state index contributed by atoms with van der Waals surface area (Å²) in [5.74, 6) is -0.0181. The number of aromatic nitrogens is 2. The summed E-state index contributed by atoms with van der Waals surface area (Å²) in [7, 11) is 4.45. The lowest BCUT2D eigenvalue weighted by molar-refractivity contribution is -0.138. The minimum absolute atomic E-state index is 0.144. The molecule has 0 amide bonds. The van der Waals surface area contributed by atoms with Gasteiger partial charge in [0.05, 0.1) is 55.3 Å². The van der Waals surface area contributed by atoms with Gasteiger partial charge in [-0.05, 0) is 80.8 Å². The summed E-state index contributed by atoms with van der Waals surface area (Å²) in [6.07, 6.45) is 1.85. The summed E-state index contributed by atoms with van der Waals surface area (Å²) in [4.78, 5) is 46.2. The number of aryl methyl sites for hydroxylation is 1. The minimum Gasteiger partial charge on any atom is -0.493 e. The van der Waals surface area contributed by atoms with Gasteiger partial charge < -0.3 is 23.5 Å². The van der Waals surface area contributed by atoms with Crippen molar-refractivity contribution in [2.75, 3.05) is 27.9 Å². The summed E-state index contributed by atoms with van der Waals surface area (Å²) in [5.41, 5.74) is 6.42. The molecule has 0 unspecified atom stereocenters. The monoisotopic (exact) mass is 691 g/mol. The van der Waals surface area contributed by atoms with E-state index in [0.29, 0.717) is 43.2 Å². The molecule has 0 saturated carbocycles. The first kappa shape index (κ1) is 34.2. The summed E-state index contributed by atoms with van der Waals surface area (Å²) in [6, 6.07) is 21.4. The van der Waals surface area contributed by atoms with Gasteiger partial charge >= 0.3 is 11.9 Å². The molecule has 11 heteroatoms. The standard InChI is InChI=1S/C39H37N3O7S/c1-8-49-38(45)33-34(25-13-10-9-11-14-25)40-39-42(35(33)26-17-18-30(46-5)31(20-26)47-6)36(43)32(50-39)21-27-19-22(2)41(24(27)4)29-16-12-15-28(23(29)3)37(44)48-7/h9-21,35H,8H2,1-7H3/b32-21+/t35-/m0/s1. The fraction of sp³-hybridized carbons (Fsp3) is 0.231. The number of carbonyl (C=O) groups is 2. The van der Waals surface area contributed by atoms with E-state index in [4.69, 9.17) is 23.9 Å². The second-order valence-electron chi connectivity index (χ2n) is 11.6. The van der Waals surface area contributed by atoms with Crippen molar-refractivity contribution in [3.05, 3.63) is 137 Å². The van der Waals surface area contributed by atoms with Crippen LogP contribution < -0.4 is 24.4 Å². The molecule has 0 saturated heterocycles. The third-order valence-corrected chi connectivity index (χ3v) is 9.79. The number of methoxy groups -OCH3 is 3. The second kappa shape index (κ2) is 14.0. The van der Waals surface area contributed by atoms with Crippen molar-refractivity contribution in [1.82, 2.24) is 9.13 Å². The number of hydrogen-bond donors (Lipinski definition) is 0. The Bertz CT molecular complexity index is 2350. The van der Waals surface area contributed by atoms with E-state index in [9.17, 15) is 14.4 Å². The number of hydrogen-bond acceptors (Lipinski definition) is 9. The van der Waals surface area contributed by atoms with Crippen LogP contribution in [0.4, 0.5) is 0 Å². The van der Waals surface area contributed by atoms with Crippen molar-refractivity contribution in [3.8, 4) is 17.2 Å². The third-order valence-electron chi connectivity index (χ3n) is 8.81. The maximum atomic E-state index is 14.5. The van der Waals surface area contributed by atoms with E-state index < -0.39 is 18.0 Å². The highest BCUT2D eigenvalue weighted by atomic mass is 32.1. The lowest BCUT2D eigenvalue weighted by atomic mass is 9.93. The normalized spacial score (nSPS) is 14.2. The van der Waals surface area contributed by atoms with Crippen LogP contribution in [-0.2, 0) is 14.3 Å². The van der Waals surface area contributed by atoms with Gasteiger partial charge in [-0.1, -0.05) is 53.8 Å². The number of esters is 2. The molecular weight excluding hydrogens is 655 g/mol. The predicted molar refractivity (Wildman–Crippen MR) is 192 cm³/mol. The van der Waals surface area contributed by atoms with Crippen LogP contribution in [0, 0.1) is 20.8 Å². The molecule has 0 spiro atoms.